The third-order valence-corrected chi connectivity index (χ3v) is 6.19. The van der Waals surface area contributed by atoms with Gasteiger partial charge in [-0.2, -0.15) is 0 Å². The molecule has 0 amide bonds. The maximum Gasteiger partial charge on any atom is 0.350 e. The lowest BCUT2D eigenvalue weighted by molar-refractivity contribution is 0.0531. The smallest absolute Gasteiger partial charge is 0.350 e. The van der Waals surface area contributed by atoms with Gasteiger partial charge in [-0.05, 0) is 27.7 Å². The van der Waals surface area contributed by atoms with E-state index in [0.29, 0.717) is 29.7 Å². The quantitative estimate of drug-likeness (QED) is 0.383. The van der Waals surface area contributed by atoms with Gasteiger partial charge in [-0.3, -0.25) is 0 Å². The van der Waals surface area contributed by atoms with Crippen LogP contribution in [0.1, 0.15) is 78.7 Å². The van der Waals surface area contributed by atoms with Gasteiger partial charge >= 0.3 is 5.97 Å². The zero-order valence-corrected chi connectivity index (χ0v) is 19.9. The Morgan fingerprint density at radius 2 is 2.03 bits per heavy atom. The van der Waals surface area contributed by atoms with E-state index >= 15 is 0 Å². The summed E-state index contributed by atoms with van der Waals surface area (Å²) in [6.07, 6.45) is 0. The van der Waals surface area contributed by atoms with Crippen molar-refractivity contribution in [3.8, 4) is 0 Å². The van der Waals surface area contributed by atoms with Gasteiger partial charge in [0.2, 0.25) is 0 Å². The topological polar surface area (TPSA) is 88.5 Å². The average molecular weight is 438 g/mol. The predicted molar refractivity (Wildman–Crippen MR) is 120 cm³/mol. The minimum atomic E-state index is -0.319. The maximum atomic E-state index is 12.0. The monoisotopic (exact) mass is 437 g/mol. The van der Waals surface area contributed by atoms with Crippen LogP contribution in [0.15, 0.2) is 10.4 Å². The molecule has 0 saturated carbocycles. The maximum absolute atomic E-state index is 12.0. The van der Waals surface area contributed by atoms with Crippen LogP contribution in [-0.2, 0) is 16.7 Å². The molecule has 2 N–H and O–H groups in total. The molecule has 0 spiro atoms. The molecule has 2 heterocycles. The number of nitrogens with zero attached hydrogens (tertiary/aromatic N) is 3. The van der Waals surface area contributed by atoms with E-state index in [2.05, 4.69) is 46.8 Å². The zero-order chi connectivity index (χ0) is 21.6. The molecule has 0 fully saturated rings. The van der Waals surface area contributed by atoms with E-state index in [-0.39, 0.29) is 17.4 Å². The first kappa shape index (κ1) is 23.3. The van der Waals surface area contributed by atoms with E-state index in [0.717, 1.165) is 22.3 Å². The number of esters is 1. The third kappa shape index (κ3) is 6.50. The molecule has 1 unspecified atom stereocenters. The summed E-state index contributed by atoms with van der Waals surface area (Å²) in [6.45, 7) is 15.7. The van der Waals surface area contributed by atoms with Gasteiger partial charge in [-0.1, -0.05) is 20.8 Å². The van der Waals surface area contributed by atoms with Crippen LogP contribution >= 0.6 is 22.7 Å². The second-order valence-electron chi connectivity index (χ2n) is 7.62. The molecule has 2 aromatic rings. The van der Waals surface area contributed by atoms with Crippen LogP contribution in [0.2, 0.25) is 0 Å². The number of aromatic nitrogens is 2. The summed E-state index contributed by atoms with van der Waals surface area (Å²) in [5.41, 5.74) is 1.81. The van der Waals surface area contributed by atoms with E-state index < -0.39 is 0 Å². The summed E-state index contributed by atoms with van der Waals surface area (Å²) in [5, 5.41) is 10.5. The molecule has 0 aliphatic rings. The van der Waals surface area contributed by atoms with E-state index in [1.165, 1.54) is 11.3 Å². The molecule has 0 aromatic carbocycles. The minimum Gasteiger partial charge on any atom is -0.462 e. The number of carbonyl (C=O) groups is 1. The molecule has 2 rings (SSSR count). The molecular formula is C20H31N5O2S2. The summed E-state index contributed by atoms with van der Waals surface area (Å²) >= 11 is 2.98. The highest BCUT2D eigenvalue weighted by Gasteiger charge is 2.20. The summed E-state index contributed by atoms with van der Waals surface area (Å²) in [6, 6.07) is -0.0962. The van der Waals surface area contributed by atoms with Crippen LogP contribution in [0.25, 0.3) is 0 Å². The number of guanidine groups is 1. The summed E-state index contributed by atoms with van der Waals surface area (Å²) in [5.74, 6) is 0.373. The molecule has 9 heteroatoms. The first-order chi connectivity index (χ1) is 13.7. The lowest BCUT2D eigenvalue weighted by atomic mass is 9.93. The van der Waals surface area contributed by atoms with Gasteiger partial charge in [-0.25, -0.2) is 19.8 Å². The Balaban J connectivity index is 2.09. The Kier molecular flexibility index (Phi) is 8.15. The number of thiazole rings is 2. The van der Waals surface area contributed by atoms with Gasteiger partial charge in [0.05, 0.1) is 30.6 Å². The number of rotatable bonds is 7. The van der Waals surface area contributed by atoms with Gasteiger partial charge in [0, 0.05) is 17.3 Å². The number of nitrogens with one attached hydrogen (secondary N) is 2. The Morgan fingerprint density at radius 1 is 1.31 bits per heavy atom. The Hall–Kier alpha value is -2.00. The lowest BCUT2D eigenvalue weighted by Gasteiger charge is -2.16. The number of ether oxygens (including phenoxy) is 1. The highest BCUT2D eigenvalue weighted by Crippen LogP contribution is 2.25. The van der Waals surface area contributed by atoms with Crippen molar-refractivity contribution in [1.29, 1.82) is 0 Å². The number of hydrogen-bond acceptors (Lipinski definition) is 7. The van der Waals surface area contributed by atoms with Gasteiger partial charge in [0.1, 0.15) is 14.9 Å². The van der Waals surface area contributed by atoms with E-state index in [4.69, 9.17) is 9.72 Å². The largest absolute Gasteiger partial charge is 0.462 e. The van der Waals surface area contributed by atoms with Gasteiger partial charge < -0.3 is 15.4 Å². The van der Waals surface area contributed by atoms with E-state index in [1.54, 1.807) is 18.3 Å². The number of aryl methyl sites for hydroxylation is 1. The van der Waals surface area contributed by atoms with Crippen LogP contribution < -0.4 is 10.6 Å². The van der Waals surface area contributed by atoms with Crippen molar-refractivity contribution >= 4 is 34.6 Å². The highest BCUT2D eigenvalue weighted by atomic mass is 32.1. The van der Waals surface area contributed by atoms with Gasteiger partial charge in [0.25, 0.3) is 0 Å². The van der Waals surface area contributed by atoms with Gasteiger partial charge in [-0.15, -0.1) is 22.7 Å². The third-order valence-electron chi connectivity index (χ3n) is 4.03. The average Bonchev–Trinajstić information content (AvgIpc) is 3.26. The normalized spacial score (nSPS) is 13.3. The molecule has 0 bridgehead atoms. The fraction of sp³-hybridized carbons (Fsp3) is 0.600. The van der Waals surface area contributed by atoms with Crippen LogP contribution in [0.5, 0.6) is 0 Å². The Morgan fingerprint density at radius 3 is 2.62 bits per heavy atom. The van der Waals surface area contributed by atoms with Crippen molar-refractivity contribution < 1.29 is 9.53 Å². The molecule has 2 aromatic heterocycles. The molecule has 0 saturated heterocycles. The van der Waals surface area contributed by atoms with Crippen LogP contribution in [0.4, 0.5) is 0 Å². The number of aliphatic imine (C=N–C) groups is 1. The van der Waals surface area contributed by atoms with Crippen molar-refractivity contribution in [2.45, 2.75) is 66.5 Å². The molecule has 0 radical (unpaired) electrons. The molecule has 29 heavy (non-hydrogen) atoms. The molecule has 0 aliphatic carbocycles. The summed E-state index contributed by atoms with van der Waals surface area (Å²) in [7, 11) is 0. The second-order valence-corrected chi connectivity index (χ2v) is 9.60. The highest BCUT2D eigenvalue weighted by molar-refractivity contribution is 7.13. The first-order valence-electron chi connectivity index (χ1n) is 9.79. The predicted octanol–water partition coefficient (Wildman–Crippen LogP) is 4.20. The summed E-state index contributed by atoms with van der Waals surface area (Å²) in [4.78, 5) is 26.5. The van der Waals surface area contributed by atoms with Gasteiger partial charge in [0.15, 0.2) is 5.96 Å². The Labute approximate surface area is 181 Å². The van der Waals surface area contributed by atoms with Crippen molar-refractivity contribution in [1.82, 2.24) is 20.6 Å². The lowest BCUT2D eigenvalue weighted by Crippen LogP contribution is -2.38. The molecule has 1 atom stereocenters. The second kappa shape index (κ2) is 10.2. The molecule has 160 valence electrons. The van der Waals surface area contributed by atoms with Crippen molar-refractivity contribution in [2.24, 2.45) is 4.99 Å². The number of hydrogen-bond donors (Lipinski definition) is 2. The first-order valence-corrected chi connectivity index (χ1v) is 11.5. The van der Waals surface area contributed by atoms with Crippen molar-refractivity contribution in [3.05, 3.63) is 31.7 Å². The van der Waals surface area contributed by atoms with Crippen molar-refractivity contribution in [2.75, 3.05) is 13.2 Å². The molecular weight excluding hydrogens is 406 g/mol. The molecule has 7 nitrogen and oxygen atoms in total. The van der Waals surface area contributed by atoms with Crippen LogP contribution in [0.3, 0.4) is 0 Å². The van der Waals surface area contributed by atoms with E-state index in [9.17, 15) is 4.79 Å². The summed E-state index contributed by atoms with van der Waals surface area (Å²) < 4.78 is 5.10. The van der Waals surface area contributed by atoms with E-state index in [1.807, 2.05) is 20.8 Å². The number of carbonyl (C=O) groups excluding carboxylic acids is 1. The standard InChI is InChI=1S/C20H31N5O2S2/c1-8-21-19(22-10-15-25-14(11-28-15)20(5,6)7)24-13(4)17-23-12(3)16(29-17)18(26)27-9-2/h11,13H,8-10H2,1-7H3,(H2,21,22,24). The fourth-order valence-electron chi connectivity index (χ4n) is 2.45. The van der Waals surface area contributed by atoms with Crippen LogP contribution in [0, 0.1) is 6.92 Å². The molecule has 0 aliphatic heterocycles. The fourth-order valence-corrected chi connectivity index (χ4v) is 4.36. The van der Waals surface area contributed by atoms with Crippen molar-refractivity contribution in [3.63, 3.8) is 0 Å². The zero-order valence-electron chi connectivity index (χ0n) is 18.3. The van der Waals surface area contributed by atoms with Crippen LogP contribution in [-0.4, -0.2) is 35.0 Å². The Bertz CT molecular complexity index is 851. The minimum absolute atomic E-state index is 0.0368. The SMILES string of the molecule is CCNC(=NCc1nc(C(C)(C)C)cs1)NC(C)c1nc(C)c(C(=O)OCC)s1.